The number of carbonyl (C=O) groups is 3. The van der Waals surface area contributed by atoms with Crippen molar-refractivity contribution in [3.05, 3.63) is 131 Å². The molecule has 0 fully saturated rings. The molecule has 0 bridgehead atoms. The average Bonchev–Trinajstić information content (AvgIpc) is 3.12. The van der Waals surface area contributed by atoms with E-state index in [-0.39, 0.29) is 24.5 Å². The summed E-state index contributed by atoms with van der Waals surface area (Å²) in [5.74, 6) is 4.98. The first-order valence-corrected chi connectivity index (χ1v) is 14.0. The van der Waals surface area contributed by atoms with Crippen LogP contribution in [0.15, 0.2) is 103 Å². The molecule has 2 amide bonds. The molecular weight excluding hydrogens is 538 g/mol. The fourth-order valence-corrected chi connectivity index (χ4v) is 5.20. The molecule has 4 aromatic carbocycles. The van der Waals surface area contributed by atoms with Gasteiger partial charge < -0.3 is 9.64 Å². The Balaban J connectivity index is 1.68. The molecule has 0 saturated carbocycles. The summed E-state index contributed by atoms with van der Waals surface area (Å²) in [6, 6.07) is 30.9. The van der Waals surface area contributed by atoms with Gasteiger partial charge in [-0.05, 0) is 67.9 Å². The molecule has 0 aromatic heterocycles. The van der Waals surface area contributed by atoms with Gasteiger partial charge in [0.15, 0.2) is 0 Å². The maximum absolute atomic E-state index is 14.6. The van der Waals surface area contributed by atoms with Crippen LogP contribution in [0.2, 0.25) is 0 Å². The number of anilines is 2. The lowest BCUT2D eigenvalue weighted by molar-refractivity contribution is -0.144. The number of ether oxygens (including phenoxy) is 1. The minimum absolute atomic E-state index is 0.0778. The molecule has 212 valence electrons. The SMILES string of the molecule is CCOC(=O)CC(C)N1C(=O)c2cc(C#Cc3cccc(C#N)c3)ccc2N(c2ccccc2)C(=O)C1c1ccccc1. The molecule has 7 nitrogen and oxygen atoms in total. The minimum atomic E-state index is -1.01. The fourth-order valence-electron chi connectivity index (χ4n) is 5.20. The van der Waals surface area contributed by atoms with Gasteiger partial charge in [-0.2, -0.15) is 5.26 Å². The van der Waals surface area contributed by atoms with Crippen molar-refractivity contribution in [2.24, 2.45) is 0 Å². The van der Waals surface area contributed by atoms with Crippen molar-refractivity contribution in [1.29, 1.82) is 5.26 Å². The van der Waals surface area contributed by atoms with Crippen molar-refractivity contribution < 1.29 is 19.1 Å². The van der Waals surface area contributed by atoms with Crippen molar-refractivity contribution in [1.82, 2.24) is 4.90 Å². The summed E-state index contributed by atoms with van der Waals surface area (Å²) in [4.78, 5) is 44.8. The highest BCUT2D eigenvalue weighted by atomic mass is 16.5. The van der Waals surface area contributed by atoms with Gasteiger partial charge >= 0.3 is 5.97 Å². The normalized spacial score (nSPS) is 15.0. The van der Waals surface area contributed by atoms with Gasteiger partial charge in [0.05, 0.1) is 35.9 Å². The maximum Gasteiger partial charge on any atom is 0.307 e. The first-order chi connectivity index (χ1) is 20.9. The zero-order chi connectivity index (χ0) is 30.3. The van der Waals surface area contributed by atoms with Crippen LogP contribution >= 0.6 is 0 Å². The molecular formula is C36H29N3O4. The van der Waals surface area contributed by atoms with Crippen LogP contribution in [-0.4, -0.2) is 35.3 Å². The highest BCUT2D eigenvalue weighted by Gasteiger charge is 2.43. The van der Waals surface area contributed by atoms with Crippen molar-refractivity contribution in [3.8, 4) is 17.9 Å². The van der Waals surface area contributed by atoms with Crippen molar-refractivity contribution in [2.45, 2.75) is 32.4 Å². The molecule has 1 aliphatic rings. The number of carbonyl (C=O) groups excluding carboxylic acids is 3. The summed E-state index contributed by atoms with van der Waals surface area (Å²) >= 11 is 0. The second-order valence-corrected chi connectivity index (χ2v) is 10.1. The van der Waals surface area contributed by atoms with E-state index < -0.39 is 24.0 Å². The van der Waals surface area contributed by atoms with E-state index in [1.165, 1.54) is 4.90 Å². The highest BCUT2D eigenvalue weighted by Crippen LogP contribution is 2.40. The number of nitriles is 1. The standard InChI is InChI=1S/C36H29N3O4/c1-3-43-33(40)21-25(2)38-34(29-13-6-4-7-14-29)36(42)39(30-15-8-5-9-16-30)32-20-19-27(23-31(32)35(38)41)18-17-26-11-10-12-28(22-26)24-37/h4-16,19-20,22-23,25,34H,3,21H2,1-2H3. The number of benzene rings is 4. The third kappa shape index (κ3) is 6.17. The zero-order valence-corrected chi connectivity index (χ0v) is 23.9. The molecule has 0 saturated heterocycles. The molecule has 2 unspecified atom stereocenters. The van der Waals surface area contributed by atoms with Gasteiger partial charge in [0.2, 0.25) is 0 Å². The predicted molar refractivity (Wildman–Crippen MR) is 163 cm³/mol. The molecule has 0 N–H and O–H groups in total. The second-order valence-electron chi connectivity index (χ2n) is 10.1. The number of nitrogens with zero attached hydrogens (tertiary/aromatic N) is 3. The first kappa shape index (κ1) is 28.9. The molecule has 0 spiro atoms. The minimum Gasteiger partial charge on any atom is -0.466 e. The Morgan fingerprint density at radius 1 is 0.860 bits per heavy atom. The van der Waals surface area contributed by atoms with E-state index in [0.717, 1.165) is 0 Å². The summed E-state index contributed by atoms with van der Waals surface area (Å²) in [5.41, 5.74) is 3.66. The third-order valence-electron chi connectivity index (χ3n) is 7.15. The van der Waals surface area contributed by atoms with E-state index in [0.29, 0.717) is 33.6 Å². The third-order valence-corrected chi connectivity index (χ3v) is 7.15. The van der Waals surface area contributed by atoms with E-state index in [2.05, 4.69) is 17.9 Å². The molecule has 1 heterocycles. The molecule has 5 rings (SSSR count). The van der Waals surface area contributed by atoms with Crippen LogP contribution in [0.4, 0.5) is 11.4 Å². The highest BCUT2D eigenvalue weighted by molar-refractivity contribution is 6.14. The lowest BCUT2D eigenvalue weighted by atomic mass is 10.0. The molecule has 2 atom stereocenters. The largest absolute Gasteiger partial charge is 0.466 e. The van der Waals surface area contributed by atoms with E-state index in [1.54, 1.807) is 55.1 Å². The number of amides is 2. The lowest BCUT2D eigenvalue weighted by Crippen LogP contribution is -2.46. The van der Waals surface area contributed by atoms with Gasteiger partial charge in [-0.3, -0.25) is 19.3 Å². The fraction of sp³-hybridized carbons (Fsp3) is 0.167. The van der Waals surface area contributed by atoms with Crippen LogP contribution in [0.1, 0.15) is 58.9 Å². The van der Waals surface area contributed by atoms with Crippen molar-refractivity contribution >= 4 is 29.2 Å². The summed E-state index contributed by atoms with van der Waals surface area (Å²) in [5, 5.41) is 9.23. The van der Waals surface area contributed by atoms with Crippen LogP contribution in [0.5, 0.6) is 0 Å². The van der Waals surface area contributed by atoms with Gasteiger partial charge in [-0.15, -0.1) is 0 Å². The number of esters is 1. The summed E-state index contributed by atoms with van der Waals surface area (Å²) in [6.45, 7) is 3.69. The molecule has 7 heteroatoms. The Hall–Kier alpha value is -5.66. The number of fused-ring (bicyclic) bond motifs is 1. The molecule has 0 aliphatic carbocycles. The van der Waals surface area contributed by atoms with Gasteiger partial charge in [-0.25, -0.2) is 0 Å². The van der Waals surface area contributed by atoms with E-state index in [9.17, 15) is 19.6 Å². The Morgan fingerprint density at radius 3 is 2.19 bits per heavy atom. The monoisotopic (exact) mass is 567 g/mol. The zero-order valence-electron chi connectivity index (χ0n) is 23.9. The van der Waals surface area contributed by atoms with Crippen LogP contribution < -0.4 is 4.90 Å². The summed E-state index contributed by atoms with van der Waals surface area (Å²) in [7, 11) is 0. The first-order valence-electron chi connectivity index (χ1n) is 14.0. The van der Waals surface area contributed by atoms with Crippen molar-refractivity contribution in [3.63, 3.8) is 0 Å². The van der Waals surface area contributed by atoms with Crippen LogP contribution in [0.25, 0.3) is 0 Å². The van der Waals surface area contributed by atoms with E-state index in [1.807, 2.05) is 66.7 Å². The summed E-state index contributed by atoms with van der Waals surface area (Å²) < 4.78 is 5.20. The van der Waals surface area contributed by atoms with Gasteiger partial charge in [-0.1, -0.05) is 66.4 Å². The number of hydrogen-bond acceptors (Lipinski definition) is 5. The molecule has 1 aliphatic heterocycles. The van der Waals surface area contributed by atoms with E-state index >= 15 is 0 Å². The van der Waals surface area contributed by atoms with E-state index in [4.69, 9.17) is 4.74 Å². The van der Waals surface area contributed by atoms with Gasteiger partial charge in [0.25, 0.3) is 11.8 Å². The Bertz CT molecular complexity index is 1770. The average molecular weight is 568 g/mol. The van der Waals surface area contributed by atoms with Crippen LogP contribution in [0, 0.1) is 23.2 Å². The van der Waals surface area contributed by atoms with Gasteiger partial charge in [0, 0.05) is 22.9 Å². The topological polar surface area (TPSA) is 90.7 Å². The van der Waals surface area contributed by atoms with Crippen LogP contribution in [-0.2, 0) is 14.3 Å². The lowest BCUT2D eigenvalue weighted by Gasteiger charge is -2.35. The van der Waals surface area contributed by atoms with Crippen molar-refractivity contribution in [2.75, 3.05) is 11.5 Å². The predicted octanol–water partition coefficient (Wildman–Crippen LogP) is 6.16. The summed E-state index contributed by atoms with van der Waals surface area (Å²) in [6.07, 6.45) is -0.0778. The number of rotatable bonds is 6. The second kappa shape index (κ2) is 12.9. The Morgan fingerprint density at radius 2 is 1.51 bits per heavy atom. The molecule has 0 radical (unpaired) electrons. The smallest absolute Gasteiger partial charge is 0.307 e. The quantitative estimate of drug-likeness (QED) is 0.206. The molecule has 4 aromatic rings. The number of para-hydroxylation sites is 1. The number of hydrogen-bond donors (Lipinski definition) is 0. The maximum atomic E-state index is 14.6. The molecule has 43 heavy (non-hydrogen) atoms. The van der Waals surface area contributed by atoms with Gasteiger partial charge in [0.1, 0.15) is 6.04 Å². The Kier molecular flexibility index (Phi) is 8.65. The van der Waals surface area contributed by atoms with Crippen LogP contribution in [0.3, 0.4) is 0 Å². The Labute approximate surface area is 250 Å².